The van der Waals surface area contributed by atoms with Crippen LogP contribution in [0.4, 0.5) is 0 Å². The fourth-order valence-corrected chi connectivity index (χ4v) is 4.33. The van der Waals surface area contributed by atoms with E-state index in [2.05, 4.69) is 16.8 Å². The van der Waals surface area contributed by atoms with Crippen molar-refractivity contribution in [3.8, 4) is 0 Å². The maximum absolute atomic E-state index is 11.4. The summed E-state index contributed by atoms with van der Waals surface area (Å²) in [7, 11) is 0. The molecule has 3 unspecified atom stereocenters. The van der Waals surface area contributed by atoms with Crippen LogP contribution >= 0.6 is 11.3 Å². The highest BCUT2D eigenvalue weighted by Gasteiger charge is 2.50. The van der Waals surface area contributed by atoms with E-state index in [0.717, 1.165) is 18.8 Å². The van der Waals surface area contributed by atoms with E-state index in [-0.39, 0.29) is 5.41 Å². The van der Waals surface area contributed by atoms with Crippen LogP contribution in [-0.4, -0.2) is 6.29 Å². The number of hydrogen-bond donors (Lipinski definition) is 0. The van der Waals surface area contributed by atoms with Gasteiger partial charge in [-0.1, -0.05) is 6.42 Å². The van der Waals surface area contributed by atoms with Gasteiger partial charge in [-0.3, -0.25) is 0 Å². The number of fused-ring (bicyclic) bond motifs is 2. The van der Waals surface area contributed by atoms with Crippen LogP contribution < -0.4 is 0 Å². The maximum atomic E-state index is 11.4. The molecule has 1 heterocycles. The summed E-state index contributed by atoms with van der Waals surface area (Å²) in [6, 6.07) is 2.17. The van der Waals surface area contributed by atoms with Gasteiger partial charge in [0.1, 0.15) is 6.29 Å². The topological polar surface area (TPSA) is 17.1 Å². The van der Waals surface area contributed by atoms with Gasteiger partial charge in [0.05, 0.1) is 0 Å². The Morgan fingerprint density at radius 3 is 3.00 bits per heavy atom. The summed E-state index contributed by atoms with van der Waals surface area (Å²) in [6.07, 6.45) is 7.37. The van der Waals surface area contributed by atoms with Crippen LogP contribution in [0, 0.1) is 17.3 Å². The van der Waals surface area contributed by atoms with Crippen LogP contribution in [0.25, 0.3) is 0 Å². The first-order chi connectivity index (χ1) is 7.32. The molecule has 2 aliphatic carbocycles. The van der Waals surface area contributed by atoms with Gasteiger partial charge >= 0.3 is 0 Å². The Morgan fingerprint density at radius 2 is 2.47 bits per heavy atom. The average Bonchev–Trinajstić information content (AvgIpc) is 2.93. The smallest absolute Gasteiger partial charge is 0.126 e. The lowest BCUT2D eigenvalue weighted by Gasteiger charge is -2.32. The van der Waals surface area contributed by atoms with Crippen molar-refractivity contribution < 1.29 is 4.79 Å². The molecule has 3 rings (SSSR count). The van der Waals surface area contributed by atoms with Gasteiger partial charge in [0.2, 0.25) is 0 Å². The number of hydrogen-bond acceptors (Lipinski definition) is 2. The minimum Gasteiger partial charge on any atom is -0.303 e. The highest BCUT2D eigenvalue weighted by atomic mass is 32.1. The van der Waals surface area contributed by atoms with E-state index in [4.69, 9.17) is 0 Å². The van der Waals surface area contributed by atoms with Crippen molar-refractivity contribution >= 4 is 17.6 Å². The van der Waals surface area contributed by atoms with E-state index < -0.39 is 0 Å². The predicted molar refractivity (Wildman–Crippen MR) is 62.0 cm³/mol. The number of aldehydes is 1. The molecule has 1 nitrogen and oxygen atoms in total. The molecule has 3 atom stereocenters. The van der Waals surface area contributed by atoms with E-state index in [1.807, 2.05) is 0 Å². The number of rotatable bonds is 3. The molecule has 2 fully saturated rings. The molecule has 2 aliphatic rings. The first-order valence-corrected chi connectivity index (χ1v) is 6.74. The fraction of sp³-hybridized carbons (Fsp3) is 0.615. The summed E-state index contributed by atoms with van der Waals surface area (Å²) in [5.41, 5.74) is 1.36. The Hall–Kier alpha value is -0.630. The summed E-state index contributed by atoms with van der Waals surface area (Å²) in [5, 5.41) is 4.30. The molecular formula is C13H16OS. The molecular weight excluding hydrogens is 204 g/mol. The third-order valence-electron chi connectivity index (χ3n) is 4.37. The SMILES string of the molecule is O=CC1(Cc2ccsc2)CC2CCC1C2. The first kappa shape index (κ1) is 9.59. The van der Waals surface area contributed by atoms with Crippen molar-refractivity contribution in [1.29, 1.82) is 0 Å². The van der Waals surface area contributed by atoms with Gasteiger partial charge in [0.25, 0.3) is 0 Å². The molecule has 0 spiro atoms. The Kier molecular flexibility index (Phi) is 2.20. The largest absolute Gasteiger partial charge is 0.303 e. The predicted octanol–water partition coefficient (Wildman–Crippen LogP) is 3.30. The molecule has 0 radical (unpaired) electrons. The van der Waals surface area contributed by atoms with E-state index in [1.54, 1.807) is 11.3 Å². The summed E-state index contributed by atoms with van der Waals surface area (Å²) < 4.78 is 0. The minimum absolute atomic E-state index is 0.00396. The van der Waals surface area contributed by atoms with Crippen molar-refractivity contribution in [3.05, 3.63) is 22.4 Å². The first-order valence-electron chi connectivity index (χ1n) is 5.80. The standard InChI is InChI=1S/C13H16OS/c14-9-13(7-11-3-4-15-8-11)6-10-1-2-12(13)5-10/h3-4,8-10,12H,1-2,5-7H2. The monoisotopic (exact) mass is 220 g/mol. The van der Waals surface area contributed by atoms with Gasteiger partial charge in [0.15, 0.2) is 0 Å². The second-order valence-corrected chi connectivity index (χ2v) is 6.02. The third-order valence-corrected chi connectivity index (χ3v) is 5.10. The lowest BCUT2D eigenvalue weighted by Crippen LogP contribution is -2.31. The highest BCUT2D eigenvalue weighted by molar-refractivity contribution is 7.07. The van der Waals surface area contributed by atoms with Crippen molar-refractivity contribution in [2.24, 2.45) is 17.3 Å². The van der Waals surface area contributed by atoms with Crippen LogP contribution in [0.15, 0.2) is 16.8 Å². The molecule has 0 saturated heterocycles. The third kappa shape index (κ3) is 1.46. The van der Waals surface area contributed by atoms with Crippen molar-refractivity contribution in [2.45, 2.75) is 32.1 Å². The summed E-state index contributed by atoms with van der Waals surface area (Å²) in [5.74, 6) is 1.53. The number of thiophene rings is 1. The van der Waals surface area contributed by atoms with Crippen LogP contribution in [0.1, 0.15) is 31.2 Å². The van der Waals surface area contributed by atoms with Crippen LogP contribution in [0.2, 0.25) is 0 Å². The van der Waals surface area contributed by atoms with Crippen LogP contribution in [0.3, 0.4) is 0 Å². The second-order valence-electron chi connectivity index (χ2n) is 5.24. The van der Waals surface area contributed by atoms with Crippen molar-refractivity contribution in [2.75, 3.05) is 0 Å². The van der Waals surface area contributed by atoms with Gasteiger partial charge in [-0.05, 0) is 59.9 Å². The maximum Gasteiger partial charge on any atom is 0.126 e. The zero-order valence-corrected chi connectivity index (χ0v) is 9.63. The summed E-state index contributed by atoms with van der Waals surface area (Å²) >= 11 is 1.74. The van der Waals surface area contributed by atoms with E-state index in [1.165, 1.54) is 31.1 Å². The zero-order chi connectivity index (χ0) is 10.3. The average molecular weight is 220 g/mol. The van der Waals surface area contributed by atoms with Gasteiger partial charge in [-0.15, -0.1) is 0 Å². The lowest BCUT2D eigenvalue weighted by molar-refractivity contribution is -0.118. The Labute approximate surface area is 94.5 Å². The van der Waals surface area contributed by atoms with Crippen molar-refractivity contribution in [3.63, 3.8) is 0 Å². The summed E-state index contributed by atoms with van der Waals surface area (Å²) in [6.45, 7) is 0. The molecule has 1 aromatic heterocycles. The van der Waals surface area contributed by atoms with Crippen LogP contribution in [0.5, 0.6) is 0 Å². The van der Waals surface area contributed by atoms with E-state index >= 15 is 0 Å². The zero-order valence-electron chi connectivity index (χ0n) is 8.82. The van der Waals surface area contributed by atoms with Gasteiger partial charge in [0, 0.05) is 5.41 Å². The minimum atomic E-state index is 0.00396. The molecule has 2 saturated carbocycles. The molecule has 0 aliphatic heterocycles. The van der Waals surface area contributed by atoms with Crippen LogP contribution in [-0.2, 0) is 11.2 Å². The number of carbonyl (C=O) groups excluding carboxylic acids is 1. The molecule has 80 valence electrons. The second kappa shape index (κ2) is 3.44. The van der Waals surface area contributed by atoms with E-state index in [0.29, 0.717) is 5.92 Å². The normalized spacial score (nSPS) is 38.4. The van der Waals surface area contributed by atoms with Gasteiger partial charge < -0.3 is 4.79 Å². The molecule has 15 heavy (non-hydrogen) atoms. The molecule has 0 aromatic carbocycles. The molecule has 2 bridgehead atoms. The number of carbonyl (C=O) groups is 1. The van der Waals surface area contributed by atoms with Gasteiger partial charge in [-0.2, -0.15) is 11.3 Å². The Morgan fingerprint density at radius 1 is 1.53 bits per heavy atom. The quantitative estimate of drug-likeness (QED) is 0.714. The van der Waals surface area contributed by atoms with Crippen molar-refractivity contribution in [1.82, 2.24) is 0 Å². The molecule has 0 N–H and O–H groups in total. The molecule has 2 heteroatoms. The molecule has 0 amide bonds. The lowest BCUT2D eigenvalue weighted by atomic mass is 9.71. The Bertz CT molecular complexity index is 357. The highest BCUT2D eigenvalue weighted by Crippen LogP contribution is 2.56. The van der Waals surface area contributed by atoms with Gasteiger partial charge in [-0.25, -0.2) is 0 Å². The Balaban J connectivity index is 1.85. The fourth-order valence-electron chi connectivity index (χ4n) is 3.66. The van der Waals surface area contributed by atoms with E-state index in [9.17, 15) is 4.79 Å². The summed E-state index contributed by atoms with van der Waals surface area (Å²) in [4.78, 5) is 11.4. The molecule has 1 aromatic rings.